The molecule has 0 atom stereocenters. The van der Waals surface area contributed by atoms with E-state index < -0.39 is 32.9 Å². The molecule has 86 valence electrons. The number of hydrogen-bond acceptors (Lipinski definition) is 4. The van der Waals surface area contributed by atoms with Crippen molar-refractivity contribution in [3.05, 3.63) is 27.0 Å². The average molecular weight is 249 g/mol. The molecule has 6 nitrogen and oxygen atoms in total. The van der Waals surface area contributed by atoms with Gasteiger partial charge in [-0.1, -0.05) is 11.6 Å². The summed E-state index contributed by atoms with van der Waals surface area (Å²) in [7, 11) is 1.11. The number of nitrogens with one attached hydrogen (secondary N) is 1. The normalized spacial score (nSPS) is 9.69. The fraction of sp³-hybridized carbons (Fsp3) is 0.125. The van der Waals surface area contributed by atoms with E-state index in [9.17, 15) is 19.3 Å². The molecule has 0 aliphatic heterocycles. The standard InChI is InChI=1S/C8H6ClFN2O4/c1-16-8-6(11-3-13)5(10)2-4(9)7(8)12(14)15/h2-3H,1H3,(H,11,13). The van der Waals surface area contributed by atoms with Crippen LogP contribution in [0, 0.1) is 15.9 Å². The Bertz CT molecular complexity index is 452. The highest BCUT2D eigenvalue weighted by atomic mass is 35.5. The number of nitro benzene ring substituents is 1. The van der Waals surface area contributed by atoms with Crippen molar-refractivity contribution in [1.29, 1.82) is 0 Å². The zero-order valence-electron chi connectivity index (χ0n) is 7.99. The zero-order valence-corrected chi connectivity index (χ0v) is 8.75. The van der Waals surface area contributed by atoms with E-state index in [0.717, 1.165) is 13.2 Å². The number of halogens is 2. The molecular formula is C8H6ClFN2O4. The van der Waals surface area contributed by atoms with Crippen molar-refractivity contribution in [2.75, 3.05) is 12.4 Å². The van der Waals surface area contributed by atoms with E-state index in [0.29, 0.717) is 0 Å². The SMILES string of the molecule is COc1c(NC=O)c(F)cc(Cl)c1[N+](=O)[O-]. The molecular weight excluding hydrogens is 243 g/mol. The Hall–Kier alpha value is -1.89. The molecule has 0 unspecified atom stereocenters. The number of carbonyl (C=O) groups excluding carboxylic acids is 1. The fourth-order valence-corrected chi connectivity index (χ4v) is 1.40. The lowest BCUT2D eigenvalue weighted by Crippen LogP contribution is -2.04. The second-order valence-electron chi connectivity index (χ2n) is 2.62. The van der Waals surface area contributed by atoms with Crippen LogP contribution >= 0.6 is 11.6 Å². The predicted octanol–water partition coefficient (Wildman–Crippen LogP) is 1.96. The van der Waals surface area contributed by atoms with Crippen LogP contribution in [0.3, 0.4) is 0 Å². The third kappa shape index (κ3) is 2.03. The summed E-state index contributed by atoms with van der Waals surface area (Å²) in [5, 5.41) is 12.2. The summed E-state index contributed by atoms with van der Waals surface area (Å²) in [5.41, 5.74) is -1.02. The quantitative estimate of drug-likeness (QED) is 0.502. The highest BCUT2D eigenvalue weighted by molar-refractivity contribution is 6.33. The number of benzene rings is 1. The summed E-state index contributed by atoms with van der Waals surface area (Å²) in [4.78, 5) is 20.1. The van der Waals surface area contributed by atoms with Gasteiger partial charge in [-0.05, 0) is 0 Å². The molecule has 0 saturated carbocycles. The Morgan fingerprint density at radius 3 is 2.75 bits per heavy atom. The van der Waals surface area contributed by atoms with Crippen molar-refractivity contribution in [2.45, 2.75) is 0 Å². The smallest absolute Gasteiger partial charge is 0.331 e. The first kappa shape index (κ1) is 12.2. The van der Waals surface area contributed by atoms with Crippen molar-refractivity contribution >= 4 is 29.4 Å². The first-order chi connectivity index (χ1) is 7.52. The average Bonchev–Trinajstić information content (AvgIpc) is 2.20. The molecule has 0 fully saturated rings. The Labute approximate surface area is 94.1 Å². The first-order valence-corrected chi connectivity index (χ1v) is 4.31. The van der Waals surface area contributed by atoms with Gasteiger partial charge in [0.25, 0.3) is 0 Å². The van der Waals surface area contributed by atoms with Gasteiger partial charge < -0.3 is 10.1 Å². The van der Waals surface area contributed by atoms with Gasteiger partial charge in [0.15, 0.2) is 5.82 Å². The van der Waals surface area contributed by atoms with Crippen molar-refractivity contribution in [3.63, 3.8) is 0 Å². The molecule has 0 aromatic heterocycles. The summed E-state index contributed by atoms with van der Waals surface area (Å²) in [6.07, 6.45) is 0.179. The number of ether oxygens (including phenoxy) is 1. The lowest BCUT2D eigenvalue weighted by atomic mass is 10.2. The monoisotopic (exact) mass is 248 g/mol. The third-order valence-electron chi connectivity index (χ3n) is 1.75. The van der Waals surface area contributed by atoms with Crippen molar-refractivity contribution in [2.24, 2.45) is 0 Å². The van der Waals surface area contributed by atoms with Crippen molar-refractivity contribution < 1.29 is 18.8 Å². The molecule has 0 heterocycles. The van der Waals surface area contributed by atoms with Gasteiger partial charge in [0.1, 0.15) is 10.7 Å². The molecule has 16 heavy (non-hydrogen) atoms. The van der Waals surface area contributed by atoms with Crippen LogP contribution in [0.2, 0.25) is 5.02 Å². The number of anilines is 1. The van der Waals surface area contributed by atoms with Crippen LogP contribution in [0.1, 0.15) is 0 Å². The van der Waals surface area contributed by atoms with E-state index in [1.807, 2.05) is 5.32 Å². The van der Waals surface area contributed by atoms with E-state index in [2.05, 4.69) is 4.74 Å². The Morgan fingerprint density at radius 2 is 2.31 bits per heavy atom. The minimum atomic E-state index is -0.917. The zero-order chi connectivity index (χ0) is 12.3. The lowest BCUT2D eigenvalue weighted by Gasteiger charge is -2.09. The lowest BCUT2D eigenvalue weighted by molar-refractivity contribution is -0.385. The molecule has 0 aliphatic carbocycles. The number of hydrogen-bond donors (Lipinski definition) is 1. The Kier molecular flexibility index (Phi) is 3.62. The second-order valence-corrected chi connectivity index (χ2v) is 3.02. The van der Waals surface area contributed by atoms with Crippen molar-refractivity contribution in [1.82, 2.24) is 0 Å². The van der Waals surface area contributed by atoms with Crippen LogP contribution in [-0.4, -0.2) is 18.4 Å². The molecule has 8 heteroatoms. The van der Waals surface area contributed by atoms with Crippen molar-refractivity contribution in [3.8, 4) is 5.75 Å². The largest absolute Gasteiger partial charge is 0.489 e. The van der Waals surface area contributed by atoms with Gasteiger partial charge >= 0.3 is 5.69 Å². The number of methoxy groups -OCH3 is 1. The van der Waals surface area contributed by atoms with Gasteiger partial charge in [-0.2, -0.15) is 0 Å². The summed E-state index contributed by atoms with van der Waals surface area (Å²) < 4.78 is 18.0. The Balaban J connectivity index is 3.55. The van der Waals surface area contributed by atoms with Gasteiger partial charge in [0, 0.05) is 6.07 Å². The molecule has 0 radical (unpaired) electrons. The summed E-state index contributed by atoms with van der Waals surface area (Å²) in [6.45, 7) is 0. The van der Waals surface area contributed by atoms with Crippen LogP contribution in [-0.2, 0) is 4.79 Å². The van der Waals surface area contributed by atoms with E-state index in [1.165, 1.54) is 0 Å². The molecule has 1 N–H and O–H groups in total. The van der Waals surface area contributed by atoms with Crippen LogP contribution in [0.5, 0.6) is 5.75 Å². The molecule has 0 saturated heterocycles. The van der Waals surface area contributed by atoms with Crippen LogP contribution in [0.4, 0.5) is 15.8 Å². The van der Waals surface area contributed by atoms with Crippen LogP contribution in [0.25, 0.3) is 0 Å². The topological polar surface area (TPSA) is 81.5 Å². The highest BCUT2D eigenvalue weighted by Crippen LogP contribution is 2.42. The minimum Gasteiger partial charge on any atom is -0.489 e. The van der Waals surface area contributed by atoms with Gasteiger partial charge in [-0.3, -0.25) is 14.9 Å². The molecule has 1 aromatic rings. The van der Waals surface area contributed by atoms with E-state index >= 15 is 0 Å². The highest BCUT2D eigenvalue weighted by Gasteiger charge is 2.26. The van der Waals surface area contributed by atoms with Gasteiger partial charge in [-0.15, -0.1) is 0 Å². The summed E-state index contributed by atoms with van der Waals surface area (Å²) >= 11 is 5.50. The third-order valence-corrected chi connectivity index (χ3v) is 2.04. The number of amides is 1. The first-order valence-electron chi connectivity index (χ1n) is 3.93. The number of nitro groups is 1. The van der Waals surface area contributed by atoms with Crippen LogP contribution < -0.4 is 10.1 Å². The van der Waals surface area contributed by atoms with Gasteiger partial charge in [0.2, 0.25) is 12.2 Å². The molecule has 1 rings (SSSR count). The summed E-state index contributed by atoms with van der Waals surface area (Å²) in [5.74, 6) is -1.35. The Morgan fingerprint density at radius 1 is 1.69 bits per heavy atom. The van der Waals surface area contributed by atoms with E-state index in [-0.39, 0.29) is 6.41 Å². The number of nitrogens with zero attached hydrogens (tertiary/aromatic N) is 1. The van der Waals surface area contributed by atoms with E-state index in [1.54, 1.807) is 0 Å². The molecule has 1 aromatic carbocycles. The summed E-state index contributed by atoms with van der Waals surface area (Å²) in [6, 6.07) is 0.730. The second kappa shape index (κ2) is 4.75. The maximum Gasteiger partial charge on any atom is 0.331 e. The predicted molar refractivity (Wildman–Crippen MR) is 54.3 cm³/mol. The maximum atomic E-state index is 13.3. The van der Waals surface area contributed by atoms with Crippen LogP contribution in [0.15, 0.2) is 6.07 Å². The number of carbonyl (C=O) groups is 1. The molecule has 1 amide bonds. The number of rotatable bonds is 4. The molecule has 0 aliphatic rings. The minimum absolute atomic E-state index is 0.179. The molecule has 0 spiro atoms. The van der Waals surface area contributed by atoms with Gasteiger partial charge in [-0.25, -0.2) is 4.39 Å². The fourth-order valence-electron chi connectivity index (χ4n) is 1.15. The molecule has 0 bridgehead atoms. The maximum absolute atomic E-state index is 13.3. The van der Waals surface area contributed by atoms with E-state index in [4.69, 9.17) is 11.6 Å². The van der Waals surface area contributed by atoms with Gasteiger partial charge in [0.05, 0.1) is 12.0 Å².